The fraction of sp³-hybridized carbons (Fsp3) is 0.250. The molecule has 0 spiro atoms. The minimum Gasteiger partial charge on any atom is -0.309 e. The van der Waals surface area contributed by atoms with Crippen molar-refractivity contribution in [1.82, 2.24) is 9.78 Å². The number of hydrogen-bond donors (Lipinski definition) is 0. The van der Waals surface area contributed by atoms with E-state index < -0.39 is 0 Å². The first-order chi connectivity index (χ1) is 9.76. The van der Waals surface area contributed by atoms with Crippen LogP contribution < -0.4 is 4.90 Å². The second kappa shape index (κ2) is 5.33. The number of amides is 1. The molecule has 0 N–H and O–H groups in total. The molecule has 0 aliphatic carbocycles. The number of carbonyl (C=O) groups excluding carboxylic acids is 1. The third-order valence-corrected chi connectivity index (χ3v) is 3.61. The summed E-state index contributed by atoms with van der Waals surface area (Å²) in [5, 5.41) is 4.34. The first-order valence-electron chi connectivity index (χ1n) is 6.75. The zero-order valence-electron chi connectivity index (χ0n) is 11.3. The Hall–Kier alpha value is -2.36. The van der Waals surface area contributed by atoms with Crippen LogP contribution in [0.4, 0.5) is 5.69 Å². The molecule has 1 atom stereocenters. The van der Waals surface area contributed by atoms with Gasteiger partial charge in [-0.3, -0.25) is 9.48 Å². The number of anilines is 1. The average Bonchev–Trinajstić information content (AvgIpc) is 3.06. The number of aromatic nitrogens is 2. The van der Waals surface area contributed by atoms with E-state index in [4.69, 9.17) is 0 Å². The summed E-state index contributed by atoms with van der Waals surface area (Å²) in [6.45, 7) is 5.19. The van der Waals surface area contributed by atoms with E-state index in [1.165, 1.54) is 5.56 Å². The van der Waals surface area contributed by atoms with Gasteiger partial charge in [0, 0.05) is 25.1 Å². The van der Waals surface area contributed by atoms with Crippen LogP contribution in [-0.4, -0.2) is 22.2 Å². The van der Waals surface area contributed by atoms with Crippen molar-refractivity contribution in [2.45, 2.75) is 13.0 Å². The summed E-state index contributed by atoms with van der Waals surface area (Å²) in [7, 11) is 0. The summed E-state index contributed by atoms with van der Waals surface area (Å²) in [5.41, 5.74) is 2.06. The highest BCUT2D eigenvalue weighted by Crippen LogP contribution is 2.25. The summed E-state index contributed by atoms with van der Waals surface area (Å²) in [5.74, 6) is 0.397. The van der Waals surface area contributed by atoms with E-state index in [0.29, 0.717) is 19.5 Å². The summed E-state index contributed by atoms with van der Waals surface area (Å²) >= 11 is 0. The van der Waals surface area contributed by atoms with Gasteiger partial charge in [0.1, 0.15) is 0 Å². The van der Waals surface area contributed by atoms with Crippen molar-refractivity contribution in [3.8, 4) is 0 Å². The lowest BCUT2D eigenvalue weighted by molar-refractivity contribution is -0.117. The van der Waals surface area contributed by atoms with Gasteiger partial charge in [-0.15, -0.1) is 6.58 Å². The van der Waals surface area contributed by atoms with Gasteiger partial charge in [0.2, 0.25) is 5.91 Å². The third-order valence-electron chi connectivity index (χ3n) is 3.61. The van der Waals surface area contributed by atoms with Crippen molar-refractivity contribution in [3.63, 3.8) is 0 Å². The zero-order chi connectivity index (χ0) is 13.9. The van der Waals surface area contributed by atoms with E-state index in [1.54, 1.807) is 11.1 Å². The molecule has 102 valence electrons. The Morgan fingerprint density at radius 3 is 2.85 bits per heavy atom. The minimum atomic E-state index is 0.147. The molecule has 1 aliphatic rings. The van der Waals surface area contributed by atoms with Crippen molar-refractivity contribution in [1.29, 1.82) is 0 Å². The molecule has 4 nitrogen and oxygen atoms in total. The second-order valence-electron chi connectivity index (χ2n) is 5.09. The minimum absolute atomic E-state index is 0.147. The van der Waals surface area contributed by atoms with E-state index in [-0.39, 0.29) is 11.8 Å². The summed E-state index contributed by atoms with van der Waals surface area (Å²) in [6, 6.07) is 10.2. The molecule has 2 aromatic rings. The maximum atomic E-state index is 12.0. The molecule has 1 fully saturated rings. The number of hydrogen-bond acceptors (Lipinski definition) is 2. The van der Waals surface area contributed by atoms with Gasteiger partial charge in [-0.25, -0.2) is 0 Å². The highest BCUT2D eigenvalue weighted by Gasteiger charge is 2.29. The van der Waals surface area contributed by atoms with Crippen molar-refractivity contribution >= 4 is 11.6 Å². The molecule has 1 amide bonds. The van der Waals surface area contributed by atoms with Crippen molar-refractivity contribution in [2.24, 2.45) is 5.92 Å². The fourth-order valence-electron chi connectivity index (χ4n) is 2.49. The molecule has 3 rings (SSSR count). The SMILES string of the molecule is C=CC1CC(=O)N(c2cnn(Cc3ccccc3)c2)C1. The maximum Gasteiger partial charge on any atom is 0.227 e. The number of nitrogens with zero attached hydrogens (tertiary/aromatic N) is 3. The van der Waals surface area contributed by atoms with E-state index in [9.17, 15) is 4.79 Å². The normalized spacial score (nSPS) is 18.5. The molecule has 1 saturated heterocycles. The molecule has 1 aliphatic heterocycles. The van der Waals surface area contributed by atoms with Gasteiger partial charge in [0.15, 0.2) is 0 Å². The van der Waals surface area contributed by atoms with Crippen LogP contribution in [0.3, 0.4) is 0 Å². The van der Waals surface area contributed by atoms with Crippen LogP contribution in [0.2, 0.25) is 0 Å². The van der Waals surface area contributed by atoms with Gasteiger partial charge >= 0.3 is 0 Å². The van der Waals surface area contributed by atoms with Gasteiger partial charge in [-0.1, -0.05) is 36.4 Å². The molecule has 20 heavy (non-hydrogen) atoms. The lowest BCUT2D eigenvalue weighted by atomic mass is 10.1. The van der Waals surface area contributed by atoms with Gasteiger partial charge in [-0.05, 0) is 5.56 Å². The van der Waals surface area contributed by atoms with Crippen LogP contribution in [-0.2, 0) is 11.3 Å². The number of benzene rings is 1. The molecule has 0 saturated carbocycles. The summed E-state index contributed by atoms with van der Waals surface area (Å²) in [4.78, 5) is 13.7. The summed E-state index contributed by atoms with van der Waals surface area (Å²) < 4.78 is 1.86. The van der Waals surface area contributed by atoms with Crippen LogP contribution in [0.5, 0.6) is 0 Å². The van der Waals surface area contributed by atoms with Gasteiger partial charge in [0.25, 0.3) is 0 Å². The molecule has 1 aromatic carbocycles. The molecular weight excluding hydrogens is 250 g/mol. The maximum absolute atomic E-state index is 12.0. The largest absolute Gasteiger partial charge is 0.309 e. The lowest BCUT2D eigenvalue weighted by Crippen LogP contribution is -2.23. The monoisotopic (exact) mass is 267 g/mol. The Morgan fingerprint density at radius 1 is 1.35 bits per heavy atom. The quantitative estimate of drug-likeness (QED) is 0.798. The Bertz CT molecular complexity index is 618. The second-order valence-corrected chi connectivity index (χ2v) is 5.09. The van der Waals surface area contributed by atoms with E-state index in [0.717, 1.165) is 5.69 Å². The Kier molecular flexibility index (Phi) is 3.37. The fourth-order valence-corrected chi connectivity index (χ4v) is 2.49. The lowest BCUT2D eigenvalue weighted by Gasteiger charge is -2.12. The van der Waals surface area contributed by atoms with Crippen molar-refractivity contribution in [3.05, 3.63) is 60.9 Å². The van der Waals surface area contributed by atoms with E-state index in [2.05, 4.69) is 23.8 Å². The van der Waals surface area contributed by atoms with Gasteiger partial charge < -0.3 is 4.90 Å². The van der Waals surface area contributed by atoms with Crippen LogP contribution in [0.15, 0.2) is 55.4 Å². The van der Waals surface area contributed by atoms with Crippen molar-refractivity contribution in [2.75, 3.05) is 11.4 Å². The highest BCUT2D eigenvalue weighted by atomic mass is 16.2. The van der Waals surface area contributed by atoms with Gasteiger partial charge in [0.05, 0.1) is 18.4 Å². The first kappa shape index (κ1) is 12.7. The molecule has 1 aromatic heterocycles. The van der Waals surface area contributed by atoms with Crippen molar-refractivity contribution < 1.29 is 4.79 Å². The molecule has 0 bridgehead atoms. The molecule has 2 heterocycles. The predicted octanol–water partition coefficient (Wildman–Crippen LogP) is 2.47. The first-order valence-corrected chi connectivity index (χ1v) is 6.75. The van der Waals surface area contributed by atoms with Crippen LogP contribution in [0, 0.1) is 5.92 Å². The Morgan fingerprint density at radius 2 is 2.15 bits per heavy atom. The standard InChI is InChI=1S/C16H17N3O/c1-2-13-8-16(20)19(11-13)15-9-17-18(12-15)10-14-6-4-3-5-7-14/h2-7,9,12-13H,1,8,10-11H2. The molecule has 4 heteroatoms. The van der Waals surface area contributed by atoms with Crippen LogP contribution in [0.1, 0.15) is 12.0 Å². The average molecular weight is 267 g/mol. The van der Waals surface area contributed by atoms with E-state index >= 15 is 0 Å². The zero-order valence-corrected chi connectivity index (χ0v) is 11.3. The predicted molar refractivity (Wildman–Crippen MR) is 78.4 cm³/mol. The smallest absolute Gasteiger partial charge is 0.227 e. The summed E-state index contributed by atoms with van der Waals surface area (Å²) in [6.07, 6.45) is 6.09. The third kappa shape index (κ3) is 2.50. The Labute approximate surface area is 118 Å². The highest BCUT2D eigenvalue weighted by molar-refractivity contribution is 5.95. The van der Waals surface area contributed by atoms with Crippen LogP contribution >= 0.6 is 0 Å². The Balaban J connectivity index is 1.74. The number of carbonyl (C=O) groups is 1. The topological polar surface area (TPSA) is 38.1 Å². The van der Waals surface area contributed by atoms with Crippen LogP contribution in [0.25, 0.3) is 0 Å². The molecular formula is C16H17N3O. The number of rotatable bonds is 4. The molecule has 0 radical (unpaired) electrons. The van der Waals surface area contributed by atoms with Gasteiger partial charge in [-0.2, -0.15) is 5.10 Å². The molecule has 1 unspecified atom stereocenters. The van der Waals surface area contributed by atoms with E-state index in [1.807, 2.05) is 35.2 Å².